The Morgan fingerprint density at radius 2 is 2.15 bits per heavy atom. The van der Waals surface area contributed by atoms with E-state index >= 15 is 0 Å². The van der Waals surface area contributed by atoms with E-state index in [1.807, 2.05) is 6.07 Å². The molecule has 0 amide bonds. The van der Waals surface area contributed by atoms with Gasteiger partial charge in [0.1, 0.15) is 0 Å². The summed E-state index contributed by atoms with van der Waals surface area (Å²) in [5.41, 5.74) is 1.07. The third-order valence-electron chi connectivity index (χ3n) is 3.25. The molecule has 1 heterocycles. The Hall–Kier alpha value is -1.56. The average Bonchev–Trinajstić information content (AvgIpc) is 2.38. The Labute approximate surface area is 119 Å². The number of anilines is 1. The second kappa shape index (κ2) is 6.26. The van der Waals surface area contributed by atoms with Crippen LogP contribution in [0.2, 0.25) is 0 Å². The molecule has 1 aromatic carbocycles. The van der Waals surface area contributed by atoms with Crippen LogP contribution in [0.25, 0.3) is 0 Å². The molecule has 5 nitrogen and oxygen atoms in total. The van der Waals surface area contributed by atoms with Crippen molar-refractivity contribution < 1.29 is 17.9 Å². The summed E-state index contributed by atoms with van der Waals surface area (Å²) in [5, 5.41) is 3.16. The van der Waals surface area contributed by atoms with Crippen molar-refractivity contribution >= 4 is 21.5 Å². The molecule has 0 radical (unpaired) electrons. The van der Waals surface area contributed by atoms with Gasteiger partial charge in [0.15, 0.2) is 9.84 Å². The number of esters is 1. The van der Waals surface area contributed by atoms with E-state index in [1.165, 1.54) is 0 Å². The summed E-state index contributed by atoms with van der Waals surface area (Å²) in [6.45, 7) is 2.06. The van der Waals surface area contributed by atoms with Crippen LogP contribution in [0, 0.1) is 0 Å². The van der Waals surface area contributed by atoms with E-state index in [0.29, 0.717) is 24.3 Å². The van der Waals surface area contributed by atoms with E-state index in [9.17, 15) is 13.2 Å². The smallest absolute Gasteiger partial charge is 0.340 e. The van der Waals surface area contributed by atoms with Crippen molar-refractivity contribution in [1.29, 1.82) is 0 Å². The maximum atomic E-state index is 11.9. The second-order valence-corrected chi connectivity index (χ2v) is 7.09. The van der Waals surface area contributed by atoms with E-state index in [-0.39, 0.29) is 17.5 Å². The molecule has 0 aliphatic carbocycles. The average molecular weight is 297 g/mol. The monoisotopic (exact) mass is 297 g/mol. The molecular formula is C14H19NO4S. The zero-order chi connectivity index (χ0) is 14.6. The van der Waals surface area contributed by atoms with Crippen LogP contribution in [0.5, 0.6) is 0 Å². The molecule has 0 spiro atoms. The van der Waals surface area contributed by atoms with Gasteiger partial charge in [0, 0.05) is 11.7 Å². The molecule has 1 atom stereocenters. The number of rotatable bonds is 4. The number of para-hydroxylation sites is 1. The van der Waals surface area contributed by atoms with Crippen LogP contribution in [0.1, 0.15) is 30.1 Å². The van der Waals surface area contributed by atoms with Crippen LogP contribution < -0.4 is 5.32 Å². The van der Waals surface area contributed by atoms with Gasteiger partial charge in [-0.15, -0.1) is 0 Å². The minimum atomic E-state index is -2.97. The summed E-state index contributed by atoms with van der Waals surface area (Å²) < 4.78 is 28.3. The lowest BCUT2D eigenvalue weighted by molar-refractivity contribution is 0.0527. The number of carbonyl (C=O) groups excluding carboxylic acids is 1. The van der Waals surface area contributed by atoms with Crippen LogP contribution in [0.3, 0.4) is 0 Å². The lowest BCUT2D eigenvalue weighted by Gasteiger charge is -2.24. The fraction of sp³-hybridized carbons (Fsp3) is 0.500. The molecule has 1 saturated heterocycles. The highest BCUT2D eigenvalue weighted by Crippen LogP contribution is 2.21. The molecule has 2 rings (SSSR count). The lowest BCUT2D eigenvalue weighted by Crippen LogP contribution is -2.35. The molecular weight excluding hydrogens is 278 g/mol. The number of hydrogen-bond acceptors (Lipinski definition) is 5. The molecule has 1 fully saturated rings. The largest absolute Gasteiger partial charge is 0.462 e. The quantitative estimate of drug-likeness (QED) is 0.859. The summed E-state index contributed by atoms with van der Waals surface area (Å²) in [4.78, 5) is 11.9. The van der Waals surface area contributed by atoms with Crippen LogP contribution in [-0.2, 0) is 14.6 Å². The Kier molecular flexibility index (Phi) is 4.65. The van der Waals surface area contributed by atoms with E-state index in [1.54, 1.807) is 25.1 Å². The van der Waals surface area contributed by atoms with Gasteiger partial charge in [-0.1, -0.05) is 12.1 Å². The highest BCUT2D eigenvalue weighted by Gasteiger charge is 2.25. The first kappa shape index (κ1) is 14.8. The first-order chi connectivity index (χ1) is 9.52. The summed E-state index contributed by atoms with van der Waals surface area (Å²) in [7, 11) is -2.97. The second-order valence-electron chi connectivity index (χ2n) is 4.86. The number of carbonyl (C=O) groups is 1. The maximum absolute atomic E-state index is 11.9. The van der Waals surface area contributed by atoms with Crippen molar-refractivity contribution in [2.75, 3.05) is 23.4 Å². The first-order valence-electron chi connectivity index (χ1n) is 6.75. The molecule has 1 unspecified atom stereocenters. The number of ether oxygens (including phenoxy) is 1. The molecule has 20 heavy (non-hydrogen) atoms. The van der Waals surface area contributed by atoms with E-state index in [2.05, 4.69) is 5.32 Å². The maximum Gasteiger partial charge on any atom is 0.340 e. The van der Waals surface area contributed by atoms with Crippen molar-refractivity contribution in [2.24, 2.45) is 0 Å². The predicted octanol–water partition coefficient (Wildman–Crippen LogP) is 1.85. The SMILES string of the molecule is CCOC(=O)c1ccccc1NC1CCCS(=O)(=O)C1. The van der Waals surface area contributed by atoms with Gasteiger partial charge in [0.2, 0.25) is 0 Å². The molecule has 110 valence electrons. The number of sulfone groups is 1. The third-order valence-corrected chi connectivity index (χ3v) is 5.07. The van der Waals surface area contributed by atoms with E-state index in [0.717, 1.165) is 6.42 Å². The zero-order valence-corrected chi connectivity index (χ0v) is 12.3. The van der Waals surface area contributed by atoms with Gasteiger partial charge in [-0.05, 0) is 31.9 Å². The van der Waals surface area contributed by atoms with Gasteiger partial charge in [-0.3, -0.25) is 0 Å². The molecule has 1 aliphatic heterocycles. The van der Waals surface area contributed by atoms with Gasteiger partial charge >= 0.3 is 5.97 Å². The lowest BCUT2D eigenvalue weighted by atomic mass is 10.1. The van der Waals surface area contributed by atoms with Gasteiger partial charge < -0.3 is 10.1 Å². The van der Waals surface area contributed by atoms with Gasteiger partial charge in [-0.25, -0.2) is 13.2 Å². The van der Waals surface area contributed by atoms with Crippen LogP contribution in [0.4, 0.5) is 5.69 Å². The third kappa shape index (κ3) is 3.72. The standard InChI is InChI=1S/C14H19NO4S/c1-2-19-14(16)12-7-3-4-8-13(12)15-11-6-5-9-20(17,18)10-11/h3-4,7-8,11,15H,2,5-6,9-10H2,1H3. The molecule has 1 aliphatic rings. The molecule has 0 saturated carbocycles. The van der Waals surface area contributed by atoms with Gasteiger partial charge in [-0.2, -0.15) is 0 Å². The molecule has 1 N–H and O–H groups in total. The minimum Gasteiger partial charge on any atom is -0.462 e. The molecule has 0 bridgehead atoms. The highest BCUT2D eigenvalue weighted by atomic mass is 32.2. The van der Waals surface area contributed by atoms with Crippen molar-refractivity contribution in [1.82, 2.24) is 0 Å². The summed E-state index contributed by atoms with van der Waals surface area (Å²) in [6, 6.07) is 6.87. The Morgan fingerprint density at radius 3 is 2.85 bits per heavy atom. The number of nitrogens with one attached hydrogen (secondary N) is 1. The van der Waals surface area contributed by atoms with Crippen molar-refractivity contribution in [3.8, 4) is 0 Å². The van der Waals surface area contributed by atoms with Crippen molar-refractivity contribution in [2.45, 2.75) is 25.8 Å². The highest BCUT2D eigenvalue weighted by molar-refractivity contribution is 7.91. The molecule has 6 heteroatoms. The fourth-order valence-corrected chi connectivity index (χ4v) is 3.99. The Bertz CT molecular complexity index is 583. The zero-order valence-electron chi connectivity index (χ0n) is 11.5. The van der Waals surface area contributed by atoms with Gasteiger partial charge in [0.25, 0.3) is 0 Å². The normalized spacial score (nSPS) is 21.1. The van der Waals surface area contributed by atoms with E-state index < -0.39 is 15.8 Å². The Morgan fingerprint density at radius 1 is 1.40 bits per heavy atom. The van der Waals surface area contributed by atoms with Crippen molar-refractivity contribution in [3.63, 3.8) is 0 Å². The van der Waals surface area contributed by atoms with E-state index in [4.69, 9.17) is 4.74 Å². The topological polar surface area (TPSA) is 72.5 Å². The minimum absolute atomic E-state index is 0.115. The van der Waals surface area contributed by atoms with Gasteiger partial charge in [0.05, 0.1) is 23.7 Å². The number of hydrogen-bond donors (Lipinski definition) is 1. The molecule has 1 aromatic rings. The fourth-order valence-electron chi connectivity index (χ4n) is 2.35. The predicted molar refractivity (Wildman–Crippen MR) is 77.7 cm³/mol. The van der Waals surface area contributed by atoms with Crippen LogP contribution in [-0.4, -0.2) is 38.5 Å². The van der Waals surface area contributed by atoms with Crippen molar-refractivity contribution in [3.05, 3.63) is 29.8 Å². The van der Waals surface area contributed by atoms with Crippen LogP contribution in [0.15, 0.2) is 24.3 Å². The summed E-state index contributed by atoms with van der Waals surface area (Å²) in [6.07, 6.45) is 1.44. The number of benzene rings is 1. The molecule has 0 aromatic heterocycles. The summed E-state index contributed by atoms with van der Waals surface area (Å²) in [5.74, 6) is -0.0243. The van der Waals surface area contributed by atoms with Crippen LogP contribution >= 0.6 is 0 Å². The Balaban J connectivity index is 2.15. The first-order valence-corrected chi connectivity index (χ1v) is 8.57. The summed E-state index contributed by atoms with van der Waals surface area (Å²) >= 11 is 0.